The molecule has 0 aliphatic rings. The third-order valence-corrected chi connectivity index (χ3v) is 4.88. The fourth-order valence-corrected chi connectivity index (χ4v) is 3.28. The van der Waals surface area contributed by atoms with Crippen LogP contribution in [0.15, 0.2) is 83.3 Å². The zero-order chi connectivity index (χ0) is 17.5. The molecule has 0 heterocycles. The zero-order valence-corrected chi connectivity index (χ0v) is 15.9. The molecule has 0 amide bonds. The van der Waals surface area contributed by atoms with Gasteiger partial charge in [0.1, 0.15) is 12.4 Å². The second-order valence-electron chi connectivity index (χ2n) is 6.04. The molecule has 0 saturated heterocycles. The minimum Gasteiger partial charge on any atom is -0.489 e. The molecule has 3 rings (SSSR count). The lowest BCUT2D eigenvalue weighted by Crippen LogP contribution is -2.18. The molecule has 0 fully saturated rings. The van der Waals surface area contributed by atoms with Crippen molar-refractivity contribution in [1.82, 2.24) is 5.32 Å². The van der Waals surface area contributed by atoms with Gasteiger partial charge in [-0.1, -0.05) is 76.6 Å². The van der Waals surface area contributed by atoms with Gasteiger partial charge >= 0.3 is 0 Å². The van der Waals surface area contributed by atoms with Crippen molar-refractivity contribution in [3.8, 4) is 5.75 Å². The monoisotopic (exact) mass is 395 g/mol. The van der Waals surface area contributed by atoms with E-state index in [2.05, 4.69) is 70.6 Å². The van der Waals surface area contributed by atoms with Crippen LogP contribution in [0.4, 0.5) is 0 Å². The van der Waals surface area contributed by atoms with Gasteiger partial charge in [0.05, 0.1) is 0 Å². The van der Waals surface area contributed by atoms with Crippen LogP contribution < -0.4 is 10.1 Å². The van der Waals surface area contributed by atoms with Crippen LogP contribution in [0.25, 0.3) is 0 Å². The fraction of sp³-hybridized carbons (Fsp3) is 0.182. The van der Waals surface area contributed by atoms with E-state index in [9.17, 15) is 0 Å². The highest BCUT2D eigenvalue weighted by Crippen LogP contribution is 2.23. The van der Waals surface area contributed by atoms with Crippen molar-refractivity contribution in [2.75, 3.05) is 0 Å². The molecule has 0 unspecified atom stereocenters. The van der Waals surface area contributed by atoms with Crippen LogP contribution in [0.2, 0.25) is 0 Å². The molecule has 1 atom stereocenters. The minimum atomic E-state index is 0.282. The highest BCUT2D eigenvalue weighted by Gasteiger charge is 2.08. The first kappa shape index (κ1) is 17.7. The van der Waals surface area contributed by atoms with Gasteiger partial charge in [-0.15, -0.1) is 0 Å². The Morgan fingerprint density at radius 2 is 1.52 bits per heavy atom. The highest BCUT2D eigenvalue weighted by molar-refractivity contribution is 9.10. The van der Waals surface area contributed by atoms with Crippen LogP contribution >= 0.6 is 15.9 Å². The highest BCUT2D eigenvalue weighted by atomic mass is 79.9. The average Bonchev–Trinajstić information content (AvgIpc) is 2.66. The summed E-state index contributed by atoms with van der Waals surface area (Å²) in [6.45, 7) is 3.59. The van der Waals surface area contributed by atoms with E-state index in [0.717, 1.165) is 16.8 Å². The number of halogens is 1. The first-order valence-electron chi connectivity index (χ1n) is 8.46. The van der Waals surface area contributed by atoms with E-state index in [0.29, 0.717) is 6.61 Å². The third kappa shape index (κ3) is 5.18. The normalized spacial score (nSPS) is 11.9. The summed E-state index contributed by atoms with van der Waals surface area (Å²) in [6, 6.07) is 27.1. The Bertz CT molecular complexity index is 787. The van der Waals surface area contributed by atoms with Crippen molar-refractivity contribution in [1.29, 1.82) is 0 Å². The first-order chi connectivity index (χ1) is 12.2. The van der Waals surface area contributed by atoms with Gasteiger partial charge in [-0.2, -0.15) is 0 Å². The van der Waals surface area contributed by atoms with Crippen LogP contribution in [0.5, 0.6) is 5.75 Å². The van der Waals surface area contributed by atoms with Gasteiger partial charge in [-0.25, -0.2) is 0 Å². The zero-order valence-electron chi connectivity index (χ0n) is 14.3. The predicted molar refractivity (Wildman–Crippen MR) is 107 cm³/mol. The van der Waals surface area contributed by atoms with Crippen molar-refractivity contribution in [3.63, 3.8) is 0 Å². The van der Waals surface area contributed by atoms with E-state index >= 15 is 0 Å². The Balaban J connectivity index is 1.51. The molecule has 3 aromatic rings. The first-order valence-corrected chi connectivity index (χ1v) is 9.25. The van der Waals surface area contributed by atoms with Crippen LogP contribution in [-0.2, 0) is 13.2 Å². The van der Waals surface area contributed by atoms with Crippen molar-refractivity contribution < 1.29 is 4.74 Å². The van der Waals surface area contributed by atoms with Gasteiger partial charge in [-0.3, -0.25) is 0 Å². The number of nitrogens with one attached hydrogen (secondary N) is 1. The quantitative estimate of drug-likeness (QED) is 0.539. The van der Waals surface area contributed by atoms with E-state index in [1.54, 1.807) is 0 Å². The number of hydrogen-bond donors (Lipinski definition) is 1. The van der Waals surface area contributed by atoms with Gasteiger partial charge in [0.25, 0.3) is 0 Å². The van der Waals surface area contributed by atoms with Crippen molar-refractivity contribution in [2.45, 2.75) is 26.1 Å². The Kier molecular flexibility index (Phi) is 6.26. The molecule has 128 valence electrons. The maximum absolute atomic E-state index is 5.83. The summed E-state index contributed by atoms with van der Waals surface area (Å²) in [4.78, 5) is 0. The fourth-order valence-electron chi connectivity index (χ4n) is 2.65. The molecule has 0 aromatic heterocycles. The Hall–Kier alpha value is -2.10. The Morgan fingerprint density at radius 1 is 0.840 bits per heavy atom. The summed E-state index contributed by atoms with van der Waals surface area (Å²) in [5.74, 6) is 0.895. The van der Waals surface area contributed by atoms with Gasteiger partial charge in [0.2, 0.25) is 0 Å². The van der Waals surface area contributed by atoms with Crippen LogP contribution in [-0.4, -0.2) is 0 Å². The number of rotatable bonds is 7. The van der Waals surface area contributed by atoms with Crippen LogP contribution in [0.3, 0.4) is 0 Å². The van der Waals surface area contributed by atoms with Gasteiger partial charge < -0.3 is 10.1 Å². The number of hydrogen-bond acceptors (Lipinski definition) is 2. The van der Waals surface area contributed by atoms with Crippen molar-refractivity contribution in [2.24, 2.45) is 0 Å². The average molecular weight is 396 g/mol. The third-order valence-electron chi connectivity index (χ3n) is 4.16. The number of benzene rings is 3. The molecular formula is C22H22BrNO. The van der Waals surface area contributed by atoms with Crippen LogP contribution in [0, 0.1) is 0 Å². The van der Waals surface area contributed by atoms with Gasteiger partial charge in [0, 0.05) is 17.1 Å². The van der Waals surface area contributed by atoms with Gasteiger partial charge in [-0.05, 0) is 41.8 Å². The summed E-state index contributed by atoms with van der Waals surface area (Å²) in [5, 5.41) is 3.56. The molecule has 2 nitrogen and oxygen atoms in total. The summed E-state index contributed by atoms with van der Waals surface area (Å²) in [6.07, 6.45) is 0. The Morgan fingerprint density at radius 3 is 2.24 bits per heavy atom. The molecule has 3 heteroatoms. The lowest BCUT2D eigenvalue weighted by Gasteiger charge is -2.16. The molecule has 0 aliphatic carbocycles. The topological polar surface area (TPSA) is 21.3 Å². The van der Waals surface area contributed by atoms with Crippen molar-refractivity contribution >= 4 is 15.9 Å². The molecule has 0 bridgehead atoms. The summed E-state index contributed by atoms with van der Waals surface area (Å²) < 4.78 is 6.97. The second kappa shape index (κ2) is 8.84. The maximum atomic E-state index is 5.83. The SMILES string of the molecule is C[C@H](NCc1ccc(OCc2ccccc2)cc1)c1ccccc1Br. The predicted octanol–water partition coefficient (Wildman–Crippen LogP) is 5.88. The molecule has 0 radical (unpaired) electrons. The van der Waals surface area contributed by atoms with E-state index in [-0.39, 0.29) is 6.04 Å². The smallest absolute Gasteiger partial charge is 0.119 e. The largest absolute Gasteiger partial charge is 0.489 e. The standard InChI is InChI=1S/C22H22BrNO/c1-17(21-9-5-6-10-22(21)23)24-15-18-11-13-20(14-12-18)25-16-19-7-3-2-4-8-19/h2-14,17,24H,15-16H2,1H3/t17-/m0/s1. The molecular weight excluding hydrogens is 374 g/mol. The summed E-state index contributed by atoms with van der Waals surface area (Å²) in [7, 11) is 0. The van der Waals surface area contributed by atoms with Crippen molar-refractivity contribution in [3.05, 3.63) is 100 Å². The summed E-state index contributed by atoms with van der Waals surface area (Å²) in [5.41, 5.74) is 3.69. The molecule has 0 spiro atoms. The lowest BCUT2D eigenvalue weighted by molar-refractivity contribution is 0.306. The maximum Gasteiger partial charge on any atom is 0.119 e. The molecule has 3 aromatic carbocycles. The van der Waals surface area contributed by atoms with E-state index in [1.807, 2.05) is 36.4 Å². The second-order valence-corrected chi connectivity index (χ2v) is 6.90. The Labute approximate surface area is 158 Å². The molecule has 25 heavy (non-hydrogen) atoms. The van der Waals surface area contributed by atoms with E-state index in [4.69, 9.17) is 4.74 Å². The van der Waals surface area contributed by atoms with E-state index < -0.39 is 0 Å². The minimum absolute atomic E-state index is 0.282. The molecule has 0 aliphatic heterocycles. The summed E-state index contributed by atoms with van der Waals surface area (Å²) >= 11 is 3.61. The van der Waals surface area contributed by atoms with Crippen LogP contribution in [0.1, 0.15) is 29.7 Å². The van der Waals surface area contributed by atoms with E-state index in [1.165, 1.54) is 16.7 Å². The van der Waals surface area contributed by atoms with Gasteiger partial charge in [0.15, 0.2) is 0 Å². The molecule has 1 N–H and O–H groups in total. The molecule has 0 saturated carbocycles. The lowest BCUT2D eigenvalue weighted by atomic mass is 10.1. The number of ether oxygens (including phenoxy) is 1.